The van der Waals surface area contributed by atoms with Gasteiger partial charge in [0.2, 0.25) is 0 Å². The van der Waals surface area contributed by atoms with Crippen LogP contribution in [-0.2, 0) is 10.2 Å². The zero-order chi connectivity index (χ0) is 19.1. The van der Waals surface area contributed by atoms with Crippen molar-refractivity contribution >= 4 is 41.3 Å². The predicted molar refractivity (Wildman–Crippen MR) is 126 cm³/mol. The maximum absolute atomic E-state index is 13.8. The first-order valence-corrected chi connectivity index (χ1v) is 10.3. The van der Waals surface area contributed by atoms with Gasteiger partial charge in [0.15, 0.2) is 5.96 Å². The largest absolute Gasteiger partial charge is 0.381 e. The summed E-state index contributed by atoms with van der Waals surface area (Å²) in [6, 6.07) is 11.2. The van der Waals surface area contributed by atoms with Gasteiger partial charge >= 0.3 is 0 Å². The number of guanidine groups is 1. The first-order valence-electron chi connectivity index (χ1n) is 9.45. The van der Waals surface area contributed by atoms with Gasteiger partial charge < -0.3 is 15.4 Å². The van der Waals surface area contributed by atoms with E-state index in [0.29, 0.717) is 25.7 Å². The van der Waals surface area contributed by atoms with Crippen LogP contribution in [0.4, 0.5) is 4.39 Å². The molecule has 0 spiro atoms. The number of thiophene rings is 1. The lowest BCUT2D eigenvalue weighted by Crippen LogP contribution is -2.48. The molecular weight excluding hydrogens is 488 g/mol. The van der Waals surface area contributed by atoms with E-state index in [9.17, 15) is 4.39 Å². The third-order valence-corrected chi connectivity index (χ3v) is 6.41. The molecule has 2 heterocycles. The zero-order valence-electron chi connectivity index (χ0n) is 16.4. The Morgan fingerprint density at radius 3 is 2.68 bits per heavy atom. The van der Waals surface area contributed by atoms with Crippen LogP contribution in [0.2, 0.25) is 0 Å². The van der Waals surface area contributed by atoms with Gasteiger partial charge in [-0.05, 0) is 42.0 Å². The van der Waals surface area contributed by atoms with E-state index in [1.165, 1.54) is 10.9 Å². The van der Waals surface area contributed by atoms with Crippen molar-refractivity contribution in [1.29, 1.82) is 0 Å². The Hall–Kier alpha value is -1.19. The molecule has 7 heteroatoms. The van der Waals surface area contributed by atoms with Crippen LogP contribution in [0.5, 0.6) is 0 Å². The van der Waals surface area contributed by atoms with Gasteiger partial charge in [0.1, 0.15) is 5.82 Å². The summed E-state index contributed by atoms with van der Waals surface area (Å²) in [7, 11) is 1.78. The average Bonchev–Trinajstić information content (AvgIpc) is 3.23. The fraction of sp³-hybridized carbons (Fsp3) is 0.476. The number of hydrogen-bond acceptors (Lipinski definition) is 3. The molecule has 1 aliphatic rings. The lowest BCUT2D eigenvalue weighted by Gasteiger charge is -2.38. The van der Waals surface area contributed by atoms with E-state index in [0.717, 1.165) is 30.9 Å². The molecule has 0 saturated carbocycles. The molecule has 28 heavy (non-hydrogen) atoms. The monoisotopic (exact) mass is 517 g/mol. The summed E-state index contributed by atoms with van der Waals surface area (Å²) in [5.41, 5.74) is 0.887. The highest BCUT2D eigenvalue weighted by Crippen LogP contribution is 2.34. The fourth-order valence-electron chi connectivity index (χ4n) is 3.54. The fourth-order valence-corrected chi connectivity index (χ4v) is 4.33. The minimum absolute atomic E-state index is 0. The number of hydrogen-bond donors (Lipinski definition) is 2. The maximum atomic E-state index is 13.8. The highest BCUT2D eigenvalue weighted by atomic mass is 127. The first-order chi connectivity index (χ1) is 13.1. The first kappa shape index (κ1) is 23.1. The molecule has 1 aromatic carbocycles. The quantitative estimate of drug-likeness (QED) is 0.337. The van der Waals surface area contributed by atoms with Gasteiger partial charge in [0.25, 0.3) is 0 Å². The van der Waals surface area contributed by atoms with Gasteiger partial charge in [-0.1, -0.05) is 25.1 Å². The third kappa shape index (κ3) is 5.90. The van der Waals surface area contributed by atoms with E-state index >= 15 is 0 Å². The van der Waals surface area contributed by atoms with Crippen LogP contribution in [0, 0.1) is 5.82 Å². The number of ether oxygens (including phenoxy) is 1. The number of nitrogens with zero attached hydrogens (tertiary/aromatic N) is 1. The van der Waals surface area contributed by atoms with Crippen molar-refractivity contribution < 1.29 is 9.13 Å². The van der Waals surface area contributed by atoms with Crippen molar-refractivity contribution in [2.45, 2.75) is 31.1 Å². The van der Waals surface area contributed by atoms with Gasteiger partial charge in [-0.15, -0.1) is 35.3 Å². The van der Waals surface area contributed by atoms with Crippen LogP contribution in [0.1, 0.15) is 36.1 Å². The Labute approximate surface area is 188 Å². The molecule has 1 aromatic heterocycles. The van der Waals surface area contributed by atoms with E-state index < -0.39 is 0 Å². The molecular formula is C21H29FIN3OS. The SMILES string of the molecule is CN=C(NCC(C)c1cccs1)NCC1(c2cccc(F)c2)CCOCC1.I. The Morgan fingerprint density at radius 2 is 2.04 bits per heavy atom. The lowest BCUT2D eigenvalue weighted by atomic mass is 9.74. The van der Waals surface area contributed by atoms with Crippen LogP contribution in [0.3, 0.4) is 0 Å². The molecule has 0 amide bonds. The Kier molecular flexibility index (Phi) is 9.17. The molecule has 0 radical (unpaired) electrons. The molecule has 1 atom stereocenters. The highest BCUT2D eigenvalue weighted by molar-refractivity contribution is 14.0. The van der Waals surface area contributed by atoms with Crippen LogP contribution < -0.4 is 10.6 Å². The molecule has 1 saturated heterocycles. The van der Waals surface area contributed by atoms with Crippen molar-refractivity contribution in [3.8, 4) is 0 Å². The summed E-state index contributed by atoms with van der Waals surface area (Å²) in [5.74, 6) is 1.01. The summed E-state index contributed by atoms with van der Waals surface area (Å²) < 4.78 is 19.4. The molecule has 1 aliphatic heterocycles. The van der Waals surface area contributed by atoms with Crippen molar-refractivity contribution in [3.63, 3.8) is 0 Å². The second-order valence-corrected chi connectivity index (χ2v) is 8.11. The van der Waals surface area contributed by atoms with Gasteiger partial charge in [-0.3, -0.25) is 4.99 Å². The molecule has 3 rings (SSSR count). The second-order valence-electron chi connectivity index (χ2n) is 7.13. The van der Waals surface area contributed by atoms with Gasteiger partial charge in [-0.2, -0.15) is 0 Å². The van der Waals surface area contributed by atoms with Crippen molar-refractivity contribution in [2.75, 3.05) is 33.4 Å². The summed E-state index contributed by atoms with van der Waals surface area (Å²) in [5, 5.41) is 8.98. The summed E-state index contributed by atoms with van der Waals surface area (Å²) in [6.45, 7) is 5.11. The summed E-state index contributed by atoms with van der Waals surface area (Å²) >= 11 is 1.77. The molecule has 0 aliphatic carbocycles. The molecule has 4 nitrogen and oxygen atoms in total. The highest BCUT2D eigenvalue weighted by Gasteiger charge is 2.35. The van der Waals surface area contributed by atoms with E-state index in [2.05, 4.69) is 40.1 Å². The van der Waals surface area contributed by atoms with Crippen molar-refractivity contribution in [3.05, 3.63) is 58.0 Å². The van der Waals surface area contributed by atoms with E-state index in [1.54, 1.807) is 30.5 Å². The number of nitrogens with one attached hydrogen (secondary N) is 2. The third-order valence-electron chi connectivity index (χ3n) is 5.31. The van der Waals surface area contributed by atoms with E-state index in [1.807, 2.05) is 6.07 Å². The molecule has 2 aromatic rings. The van der Waals surface area contributed by atoms with Gasteiger partial charge in [0.05, 0.1) is 0 Å². The zero-order valence-corrected chi connectivity index (χ0v) is 19.6. The van der Waals surface area contributed by atoms with E-state index in [4.69, 9.17) is 4.74 Å². The number of aliphatic imine (C=N–C) groups is 1. The average molecular weight is 517 g/mol. The van der Waals surface area contributed by atoms with Crippen molar-refractivity contribution in [2.24, 2.45) is 4.99 Å². The Balaban J connectivity index is 0.00000280. The van der Waals surface area contributed by atoms with Gasteiger partial charge in [0, 0.05) is 49.6 Å². The number of benzene rings is 1. The second kappa shape index (κ2) is 11.1. The molecule has 1 unspecified atom stereocenters. The minimum atomic E-state index is -0.189. The maximum Gasteiger partial charge on any atom is 0.191 e. The van der Waals surface area contributed by atoms with Crippen LogP contribution >= 0.6 is 35.3 Å². The Bertz CT molecular complexity index is 748. The van der Waals surface area contributed by atoms with Crippen molar-refractivity contribution in [1.82, 2.24) is 10.6 Å². The van der Waals surface area contributed by atoms with Crippen LogP contribution in [-0.4, -0.2) is 39.3 Å². The normalized spacial score (nSPS) is 17.5. The van der Waals surface area contributed by atoms with E-state index in [-0.39, 0.29) is 35.2 Å². The lowest BCUT2D eigenvalue weighted by molar-refractivity contribution is 0.0513. The number of halogens is 2. The predicted octanol–water partition coefficient (Wildman–Crippen LogP) is 4.52. The Morgan fingerprint density at radius 1 is 1.25 bits per heavy atom. The molecule has 1 fully saturated rings. The van der Waals surface area contributed by atoms with Gasteiger partial charge in [-0.25, -0.2) is 4.39 Å². The summed E-state index contributed by atoms with van der Waals surface area (Å²) in [6.07, 6.45) is 1.73. The number of rotatable bonds is 6. The molecule has 0 bridgehead atoms. The smallest absolute Gasteiger partial charge is 0.191 e. The van der Waals surface area contributed by atoms with Crippen LogP contribution in [0.15, 0.2) is 46.8 Å². The molecule has 154 valence electrons. The minimum Gasteiger partial charge on any atom is -0.381 e. The molecule has 2 N–H and O–H groups in total. The standard InChI is InChI=1S/C21H28FN3OS.HI/c1-16(19-7-4-12-27-19)14-24-20(23-2)25-15-21(8-10-26-11-9-21)17-5-3-6-18(22)13-17;/h3-7,12-13,16H,8-11,14-15H2,1-2H3,(H2,23,24,25);1H. The summed E-state index contributed by atoms with van der Waals surface area (Å²) in [4.78, 5) is 5.72. The van der Waals surface area contributed by atoms with Crippen LogP contribution in [0.25, 0.3) is 0 Å². The topological polar surface area (TPSA) is 45.7 Å².